The molecule has 1 atom stereocenters. The van der Waals surface area contributed by atoms with E-state index in [0.29, 0.717) is 17.0 Å². The van der Waals surface area contributed by atoms with Crippen molar-refractivity contribution in [1.29, 1.82) is 5.26 Å². The molecule has 32 heavy (non-hydrogen) atoms. The molecule has 0 unspecified atom stereocenters. The van der Waals surface area contributed by atoms with Crippen molar-refractivity contribution >= 4 is 38.3 Å². The number of hydrogen-bond donors (Lipinski definition) is 1. The smallest absolute Gasteiger partial charge is 0.363 e. The van der Waals surface area contributed by atoms with Gasteiger partial charge in [-0.1, -0.05) is 0 Å². The first-order chi connectivity index (χ1) is 15.0. The number of halogens is 4. The van der Waals surface area contributed by atoms with Crippen molar-refractivity contribution in [2.45, 2.75) is 32.6 Å². The predicted molar refractivity (Wildman–Crippen MR) is 114 cm³/mol. The van der Waals surface area contributed by atoms with E-state index in [2.05, 4.69) is 26.2 Å². The topological polar surface area (TPSA) is 114 Å². The molecule has 1 aromatic carbocycles. The van der Waals surface area contributed by atoms with Gasteiger partial charge >= 0.3 is 6.18 Å². The Kier molecular flexibility index (Phi) is 6.23. The normalized spacial score (nSPS) is 12.4. The third-order valence-electron chi connectivity index (χ3n) is 4.85. The molecule has 0 aliphatic rings. The van der Waals surface area contributed by atoms with Crippen LogP contribution >= 0.6 is 15.9 Å². The maximum Gasteiger partial charge on any atom is 0.416 e. The third-order valence-corrected chi connectivity index (χ3v) is 5.41. The van der Waals surface area contributed by atoms with Gasteiger partial charge in [0.2, 0.25) is 0 Å². The minimum Gasteiger partial charge on any atom is -0.363 e. The van der Waals surface area contributed by atoms with Crippen LogP contribution < -0.4 is 10.9 Å². The van der Waals surface area contributed by atoms with Gasteiger partial charge in [0.15, 0.2) is 0 Å². The van der Waals surface area contributed by atoms with E-state index in [4.69, 9.17) is 0 Å². The lowest BCUT2D eigenvalue weighted by Crippen LogP contribution is -2.21. The monoisotopic (exact) mass is 509 g/mol. The van der Waals surface area contributed by atoms with Crippen molar-refractivity contribution in [2.75, 3.05) is 5.32 Å². The number of nitriles is 1. The lowest BCUT2D eigenvalue weighted by molar-refractivity contribution is -0.385. The van der Waals surface area contributed by atoms with Crippen LogP contribution in [0.5, 0.6) is 0 Å². The number of nitro benzene ring substituents is 1. The van der Waals surface area contributed by atoms with E-state index in [-0.39, 0.29) is 33.5 Å². The standard InChI is InChI=1S/C20H15BrF3N5O3/c1-3-28-17-12(8-25)9-26-18(15(17)7-16(21)19(28)30)27-10(2)11-4-13(20(22,23)24)6-14(5-11)29(31)32/h4-7,9-10H,3H2,1-2H3,(H,26,27)/t10-/m1/s1. The Bertz CT molecular complexity index is 1330. The number of nitrogens with zero attached hydrogens (tertiary/aromatic N) is 4. The van der Waals surface area contributed by atoms with Gasteiger partial charge in [0.05, 0.1) is 32.1 Å². The van der Waals surface area contributed by atoms with E-state index in [9.17, 15) is 33.3 Å². The zero-order chi connectivity index (χ0) is 23.8. The molecule has 2 aromatic heterocycles. The van der Waals surface area contributed by atoms with Gasteiger partial charge in [0.25, 0.3) is 11.2 Å². The average molecular weight is 510 g/mol. The minimum absolute atomic E-state index is 0.0220. The van der Waals surface area contributed by atoms with Crippen LogP contribution in [0, 0.1) is 21.4 Å². The molecule has 8 nitrogen and oxygen atoms in total. The fourth-order valence-electron chi connectivity index (χ4n) is 3.30. The molecule has 0 fully saturated rings. The molecule has 3 aromatic rings. The molecule has 0 amide bonds. The summed E-state index contributed by atoms with van der Waals surface area (Å²) in [6.07, 6.45) is -3.51. The Morgan fingerprint density at radius 1 is 1.34 bits per heavy atom. The molecule has 1 N–H and O–H groups in total. The quantitative estimate of drug-likeness (QED) is 0.375. The first-order valence-corrected chi connectivity index (χ1v) is 10.0. The van der Waals surface area contributed by atoms with Gasteiger partial charge in [-0.15, -0.1) is 0 Å². The van der Waals surface area contributed by atoms with Crippen molar-refractivity contribution in [3.05, 3.63) is 72.1 Å². The molecule has 3 rings (SSSR count). The van der Waals surface area contributed by atoms with Crippen LogP contribution in [0.4, 0.5) is 24.7 Å². The largest absolute Gasteiger partial charge is 0.416 e. The summed E-state index contributed by atoms with van der Waals surface area (Å²) in [5.41, 5.74) is -1.69. The lowest BCUT2D eigenvalue weighted by atomic mass is 10.0. The molecule has 0 bridgehead atoms. The van der Waals surface area contributed by atoms with Gasteiger partial charge in [0.1, 0.15) is 11.9 Å². The number of aryl methyl sites for hydroxylation is 1. The molecule has 0 radical (unpaired) electrons. The van der Waals surface area contributed by atoms with Crippen LogP contribution in [0.3, 0.4) is 0 Å². The Morgan fingerprint density at radius 2 is 2.03 bits per heavy atom. The number of nitro groups is 1. The molecule has 0 aliphatic carbocycles. The molecular weight excluding hydrogens is 495 g/mol. The number of nitrogens with one attached hydrogen (secondary N) is 1. The van der Waals surface area contributed by atoms with Crippen LogP contribution in [0.25, 0.3) is 10.9 Å². The molecule has 0 aliphatic heterocycles. The Morgan fingerprint density at radius 3 is 2.59 bits per heavy atom. The highest BCUT2D eigenvalue weighted by molar-refractivity contribution is 9.10. The van der Waals surface area contributed by atoms with Crippen molar-refractivity contribution in [1.82, 2.24) is 9.55 Å². The van der Waals surface area contributed by atoms with Crippen molar-refractivity contribution in [3.8, 4) is 6.07 Å². The summed E-state index contributed by atoms with van der Waals surface area (Å²) in [6, 6.07) is 4.99. The number of alkyl halides is 3. The third kappa shape index (κ3) is 4.29. The van der Waals surface area contributed by atoms with E-state index in [0.717, 1.165) is 12.1 Å². The number of fused-ring (bicyclic) bond motifs is 1. The highest BCUT2D eigenvalue weighted by Gasteiger charge is 2.33. The van der Waals surface area contributed by atoms with Crippen LogP contribution in [0.15, 0.2) is 39.7 Å². The highest BCUT2D eigenvalue weighted by atomic mass is 79.9. The number of pyridine rings is 2. The summed E-state index contributed by atoms with van der Waals surface area (Å²) < 4.78 is 41.3. The van der Waals surface area contributed by atoms with E-state index in [1.165, 1.54) is 23.8 Å². The maximum atomic E-state index is 13.2. The summed E-state index contributed by atoms with van der Waals surface area (Å²) >= 11 is 3.18. The number of anilines is 1. The van der Waals surface area contributed by atoms with Gasteiger partial charge < -0.3 is 9.88 Å². The van der Waals surface area contributed by atoms with Gasteiger partial charge in [-0.25, -0.2) is 4.98 Å². The fraction of sp³-hybridized carbons (Fsp3) is 0.250. The fourth-order valence-corrected chi connectivity index (χ4v) is 3.75. The highest BCUT2D eigenvalue weighted by Crippen LogP contribution is 2.35. The number of non-ortho nitro benzene ring substituents is 1. The summed E-state index contributed by atoms with van der Waals surface area (Å²) in [5, 5.41) is 23.9. The van der Waals surface area contributed by atoms with Gasteiger partial charge in [-0.05, 0) is 47.5 Å². The number of aromatic nitrogens is 2. The Balaban J connectivity index is 2.16. The number of rotatable bonds is 5. The van der Waals surface area contributed by atoms with Crippen molar-refractivity contribution in [3.63, 3.8) is 0 Å². The van der Waals surface area contributed by atoms with Crippen LogP contribution in [-0.2, 0) is 12.7 Å². The van der Waals surface area contributed by atoms with Gasteiger partial charge in [-0.2, -0.15) is 18.4 Å². The first kappa shape index (κ1) is 23.2. The number of benzene rings is 1. The van der Waals surface area contributed by atoms with Crippen LogP contribution in [0.2, 0.25) is 0 Å². The van der Waals surface area contributed by atoms with E-state index < -0.39 is 28.4 Å². The summed E-state index contributed by atoms with van der Waals surface area (Å²) in [4.78, 5) is 26.9. The molecule has 0 spiro atoms. The molecule has 0 saturated heterocycles. The maximum absolute atomic E-state index is 13.2. The van der Waals surface area contributed by atoms with Crippen molar-refractivity contribution in [2.24, 2.45) is 0 Å². The predicted octanol–water partition coefficient (Wildman–Crippen LogP) is 5.15. The molecule has 166 valence electrons. The summed E-state index contributed by atoms with van der Waals surface area (Å²) in [6.45, 7) is 3.52. The molecule has 12 heteroatoms. The molecular formula is C20H15BrF3N5O3. The van der Waals surface area contributed by atoms with Crippen molar-refractivity contribution < 1.29 is 18.1 Å². The first-order valence-electron chi connectivity index (χ1n) is 9.23. The second-order valence-electron chi connectivity index (χ2n) is 6.87. The average Bonchev–Trinajstić information content (AvgIpc) is 2.74. The second kappa shape index (κ2) is 8.58. The SMILES string of the molecule is CCn1c(=O)c(Br)cc2c(N[C@H](C)c3cc([N+](=O)[O-])cc(C(F)(F)F)c3)ncc(C#N)c21. The Labute approximate surface area is 187 Å². The Hall–Kier alpha value is -3.46. The van der Waals surface area contributed by atoms with Gasteiger partial charge in [0, 0.05) is 30.3 Å². The van der Waals surface area contributed by atoms with E-state index in [1.54, 1.807) is 6.92 Å². The van der Waals surface area contributed by atoms with Gasteiger partial charge in [-0.3, -0.25) is 14.9 Å². The minimum atomic E-state index is -4.76. The van der Waals surface area contributed by atoms with Crippen LogP contribution in [0.1, 0.15) is 36.6 Å². The molecule has 2 heterocycles. The lowest BCUT2D eigenvalue weighted by Gasteiger charge is -2.19. The number of hydrogen-bond acceptors (Lipinski definition) is 6. The zero-order valence-electron chi connectivity index (χ0n) is 16.7. The second-order valence-corrected chi connectivity index (χ2v) is 7.72. The van der Waals surface area contributed by atoms with E-state index in [1.807, 2.05) is 6.07 Å². The van der Waals surface area contributed by atoms with Crippen LogP contribution in [-0.4, -0.2) is 14.5 Å². The molecule has 0 saturated carbocycles. The summed E-state index contributed by atoms with van der Waals surface area (Å²) in [5.74, 6) is 0.203. The van der Waals surface area contributed by atoms with E-state index >= 15 is 0 Å². The summed E-state index contributed by atoms with van der Waals surface area (Å²) in [7, 11) is 0. The zero-order valence-corrected chi connectivity index (χ0v) is 18.3.